The van der Waals surface area contributed by atoms with Crippen LogP contribution < -0.4 is 9.47 Å². The number of methoxy groups -OCH3 is 1. The molecule has 0 aliphatic carbocycles. The first-order valence-corrected chi connectivity index (χ1v) is 7.74. The lowest BCUT2D eigenvalue weighted by Crippen LogP contribution is -2.08. The zero-order valence-corrected chi connectivity index (χ0v) is 14.4. The van der Waals surface area contributed by atoms with Crippen LogP contribution in [-0.4, -0.2) is 19.0 Å². The number of benzene rings is 2. The van der Waals surface area contributed by atoms with E-state index >= 15 is 0 Å². The summed E-state index contributed by atoms with van der Waals surface area (Å²) in [5.41, 5.74) is 1.15. The van der Waals surface area contributed by atoms with Crippen LogP contribution >= 0.6 is 22.6 Å². The molecule has 0 spiro atoms. The molecule has 2 aromatic carbocycles. The summed E-state index contributed by atoms with van der Waals surface area (Å²) in [6, 6.07) is 12.8. The second-order valence-electron chi connectivity index (χ2n) is 4.87. The van der Waals surface area contributed by atoms with Crippen LogP contribution in [0.25, 0.3) is 0 Å². The normalized spacial score (nSPS) is 10.5. The van der Waals surface area contributed by atoms with Gasteiger partial charge in [0.15, 0.2) is 5.78 Å². The van der Waals surface area contributed by atoms with E-state index in [4.69, 9.17) is 9.47 Å². The first kappa shape index (κ1) is 15.8. The van der Waals surface area contributed by atoms with Crippen molar-refractivity contribution < 1.29 is 14.3 Å². The second kappa shape index (κ2) is 6.93. The van der Waals surface area contributed by atoms with E-state index in [0.29, 0.717) is 22.6 Å². The number of rotatable bonds is 5. The standard InChI is InChI=1S/C17H17IO3/c1-11(2)21-14-6-4-5-12(9-14)17(19)15-10-13(18)7-8-16(15)20-3/h4-11H,1-3H3. The summed E-state index contributed by atoms with van der Waals surface area (Å²) in [4.78, 5) is 12.7. The van der Waals surface area contributed by atoms with Gasteiger partial charge in [0.05, 0.1) is 18.8 Å². The summed E-state index contributed by atoms with van der Waals surface area (Å²) in [5.74, 6) is 1.20. The summed E-state index contributed by atoms with van der Waals surface area (Å²) >= 11 is 2.18. The van der Waals surface area contributed by atoms with Gasteiger partial charge in [-0.1, -0.05) is 12.1 Å². The van der Waals surface area contributed by atoms with Gasteiger partial charge in [-0.25, -0.2) is 0 Å². The summed E-state index contributed by atoms with van der Waals surface area (Å²) in [6.45, 7) is 3.91. The van der Waals surface area contributed by atoms with E-state index in [1.54, 1.807) is 19.2 Å². The molecule has 21 heavy (non-hydrogen) atoms. The van der Waals surface area contributed by atoms with Gasteiger partial charge in [-0.15, -0.1) is 0 Å². The number of hydrogen-bond acceptors (Lipinski definition) is 3. The molecule has 0 fully saturated rings. The molecular weight excluding hydrogens is 379 g/mol. The molecule has 110 valence electrons. The van der Waals surface area contributed by atoms with Gasteiger partial charge in [-0.05, 0) is 66.8 Å². The Morgan fingerprint density at radius 2 is 1.90 bits per heavy atom. The Morgan fingerprint density at radius 3 is 2.57 bits per heavy atom. The molecule has 2 aromatic rings. The molecule has 0 aliphatic rings. The van der Waals surface area contributed by atoms with Gasteiger partial charge < -0.3 is 9.47 Å². The number of ketones is 1. The maximum atomic E-state index is 12.7. The number of ether oxygens (including phenoxy) is 2. The summed E-state index contributed by atoms with van der Waals surface area (Å²) in [5, 5.41) is 0. The van der Waals surface area contributed by atoms with Gasteiger partial charge in [-0.2, -0.15) is 0 Å². The van der Waals surface area contributed by atoms with Crippen LogP contribution in [0.2, 0.25) is 0 Å². The fourth-order valence-electron chi connectivity index (χ4n) is 2.00. The highest BCUT2D eigenvalue weighted by Crippen LogP contribution is 2.25. The predicted molar refractivity (Wildman–Crippen MR) is 91.3 cm³/mol. The SMILES string of the molecule is COc1ccc(I)cc1C(=O)c1cccc(OC(C)C)c1. The van der Waals surface area contributed by atoms with E-state index in [2.05, 4.69) is 22.6 Å². The fourth-order valence-corrected chi connectivity index (χ4v) is 2.49. The van der Waals surface area contributed by atoms with Crippen molar-refractivity contribution in [3.05, 3.63) is 57.2 Å². The third-order valence-corrected chi connectivity index (χ3v) is 3.55. The van der Waals surface area contributed by atoms with Crippen molar-refractivity contribution in [3.8, 4) is 11.5 Å². The van der Waals surface area contributed by atoms with Crippen LogP contribution in [0.4, 0.5) is 0 Å². The van der Waals surface area contributed by atoms with Crippen molar-refractivity contribution in [1.82, 2.24) is 0 Å². The van der Waals surface area contributed by atoms with Crippen LogP contribution in [0.3, 0.4) is 0 Å². The Morgan fingerprint density at radius 1 is 1.14 bits per heavy atom. The Balaban J connectivity index is 2.38. The number of hydrogen-bond donors (Lipinski definition) is 0. The van der Waals surface area contributed by atoms with Crippen molar-refractivity contribution in [2.45, 2.75) is 20.0 Å². The summed E-state index contributed by atoms with van der Waals surface area (Å²) in [6.07, 6.45) is 0.0718. The number of carbonyl (C=O) groups excluding carboxylic acids is 1. The quantitative estimate of drug-likeness (QED) is 0.558. The number of carbonyl (C=O) groups is 1. The Kier molecular flexibility index (Phi) is 5.22. The Labute approximate surface area is 138 Å². The van der Waals surface area contributed by atoms with Gasteiger partial charge >= 0.3 is 0 Å². The van der Waals surface area contributed by atoms with E-state index in [9.17, 15) is 4.79 Å². The zero-order chi connectivity index (χ0) is 15.4. The smallest absolute Gasteiger partial charge is 0.196 e. The first-order chi connectivity index (χ1) is 10.0. The lowest BCUT2D eigenvalue weighted by Gasteiger charge is -2.12. The predicted octanol–water partition coefficient (Wildman–Crippen LogP) is 4.32. The van der Waals surface area contributed by atoms with Crippen molar-refractivity contribution in [1.29, 1.82) is 0 Å². The largest absolute Gasteiger partial charge is 0.496 e. The topological polar surface area (TPSA) is 35.5 Å². The molecule has 0 radical (unpaired) electrons. The molecule has 0 heterocycles. The average molecular weight is 396 g/mol. The third kappa shape index (κ3) is 3.97. The highest BCUT2D eigenvalue weighted by molar-refractivity contribution is 14.1. The van der Waals surface area contributed by atoms with Crippen molar-refractivity contribution >= 4 is 28.4 Å². The van der Waals surface area contributed by atoms with Crippen LogP contribution in [-0.2, 0) is 0 Å². The molecule has 3 nitrogen and oxygen atoms in total. The monoisotopic (exact) mass is 396 g/mol. The van der Waals surface area contributed by atoms with Gasteiger partial charge in [0, 0.05) is 9.13 Å². The van der Waals surface area contributed by atoms with Crippen LogP contribution in [0.5, 0.6) is 11.5 Å². The Hall–Kier alpha value is -1.56. The van der Waals surface area contributed by atoms with Crippen molar-refractivity contribution in [3.63, 3.8) is 0 Å². The highest BCUT2D eigenvalue weighted by atomic mass is 127. The molecular formula is C17H17IO3. The average Bonchev–Trinajstić information content (AvgIpc) is 2.46. The molecule has 0 aromatic heterocycles. The molecule has 0 aliphatic heterocycles. The fraction of sp³-hybridized carbons (Fsp3) is 0.235. The molecule has 0 saturated heterocycles. The van der Waals surface area contributed by atoms with Crippen molar-refractivity contribution in [2.24, 2.45) is 0 Å². The van der Waals surface area contributed by atoms with E-state index in [0.717, 1.165) is 3.57 Å². The zero-order valence-electron chi connectivity index (χ0n) is 12.2. The van der Waals surface area contributed by atoms with Gasteiger partial charge in [0.25, 0.3) is 0 Å². The van der Waals surface area contributed by atoms with Gasteiger partial charge in [-0.3, -0.25) is 4.79 Å². The third-order valence-electron chi connectivity index (χ3n) is 2.87. The van der Waals surface area contributed by atoms with E-state index in [-0.39, 0.29) is 11.9 Å². The first-order valence-electron chi connectivity index (χ1n) is 6.66. The minimum absolute atomic E-state index is 0.0698. The van der Waals surface area contributed by atoms with Crippen molar-refractivity contribution in [2.75, 3.05) is 7.11 Å². The summed E-state index contributed by atoms with van der Waals surface area (Å²) < 4.78 is 11.9. The van der Waals surface area contributed by atoms with Crippen LogP contribution in [0.1, 0.15) is 29.8 Å². The molecule has 4 heteroatoms. The van der Waals surface area contributed by atoms with E-state index in [1.165, 1.54) is 0 Å². The van der Waals surface area contributed by atoms with Crippen LogP contribution in [0.15, 0.2) is 42.5 Å². The second-order valence-corrected chi connectivity index (χ2v) is 6.11. The minimum Gasteiger partial charge on any atom is -0.496 e. The summed E-state index contributed by atoms with van der Waals surface area (Å²) in [7, 11) is 1.57. The maximum absolute atomic E-state index is 12.7. The molecule has 0 amide bonds. The van der Waals surface area contributed by atoms with E-state index in [1.807, 2.05) is 44.2 Å². The number of halogens is 1. The molecule has 0 atom stereocenters. The minimum atomic E-state index is -0.0698. The Bertz CT molecular complexity index is 650. The maximum Gasteiger partial charge on any atom is 0.196 e. The highest BCUT2D eigenvalue weighted by Gasteiger charge is 2.15. The van der Waals surface area contributed by atoms with Crippen LogP contribution in [0, 0.1) is 3.57 Å². The lowest BCUT2D eigenvalue weighted by atomic mass is 10.0. The molecule has 2 rings (SSSR count). The van der Waals surface area contributed by atoms with Gasteiger partial charge in [0.1, 0.15) is 11.5 Å². The molecule has 0 unspecified atom stereocenters. The molecule has 0 bridgehead atoms. The lowest BCUT2D eigenvalue weighted by molar-refractivity contribution is 0.103. The molecule has 0 saturated carbocycles. The van der Waals surface area contributed by atoms with Gasteiger partial charge in [0.2, 0.25) is 0 Å². The molecule has 0 N–H and O–H groups in total. The van der Waals surface area contributed by atoms with E-state index < -0.39 is 0 Å².